The molecule has 1 aliphatic rings. The summed E-state index contributed by atoms with van der Waals surface area (Å²) >= 11 is 0. The number of nitrogens with one attached hydrogen (secondary N) is 1. The molecule has 1 saturated heterocycles. The van der Waals surface area contributed by atoms with Gasteiger partial charge in [0.05, 0.1) is 26.4 Å². The number of amides is 1. The highest BCUT2D eigenvalue weighted by Gasteiger charge is 2.20. The standard InChI is InChI=1S/C18H34N2O6/c1-18(2,3)26-17(23)19-6-10-24-12-13-25-11-9-20-7-4-15(5-8-20)14-16(21)22/h15H,4-14H2,1-3H3,(H,19,23)(H,21,22). The second-order valence-corrected chi connectivity index (χ2v) is 7.54. The number of hydrogen-bond acceptors (Lipinski definition) is 6. The van der Waals surface area contributed by atoms with Crippen molar-refractivity contribution in [2.45, 2.75) is 45.6 Å². The summed E-state index contributed by atoms with van der Waals surface area (Å²) in [7, 11) is 0. The highest BCUT2D eigenvalue weighted by atomic mass is 16.6. The van der Waals surface area contributed by atoms with Gasteiger partial charge in [-0.3, -0.25) is 4.79 Å². The molecule has 8 heteroatoms. The highest BCUT2D eigenvalue weighted by Crippen LogP contribution is 2.19. The quantitative estimate of drug-likeness (QED) is 0.532. The molecule has 1 rings (SSSR count). The molecule has 0 aromatic carbocycles. The van der Waals surface area contributed by atoms with Crippen LogP contribution in [-0.2, 0) is 19.0 Å². The molecule has 1 aliphatic heterocycles. The molecule has 0 saturated carbocycles. The Morgan fingerprint density at radius 2 is 1.69 bits per heavy atom. The number of ether oxygens (including phenoxy) is 3. The van der Waals surface area contributed by atoms with E-state index in [-0.39, 0.29) is 6.42 Å². The molecule has 0 aromatic heterocycles. The van der Waals surface area contributed by atoms with Crippen LogP contribution in [0.15, 0.2) is 0 Å². The molecule has 0 aromatic rings. The predicted octanol–water partition coefficient (Wildman–Crippen LogP) is 1.73. The van der Waals surface area contributed by atoms with E-state index in [1.807, 2.05) is 20.8 Å². The van der Waals surface area contributed by atoms with E-state index in [0.29, 0.717) is 38.9 Å². The Bertz CT molecular complexity index is 416. The third kappa shape index (κ3) is 12.1. The monoisotopic (exact) mass is 374 g/mol. The van der Waals surface area contributed by atoms with Gasteiger partial charge in [0.25, 0.3) is 0 Å². The Morgan fingerprint density at radius 3 is 2.27 bits per heavy atom. The van der Waals surface area contributed by atoms with Crippen LogP contribution in [0.5, 0.6) is 0 Å². The number of carbonyl (C=O) groups is 2. The summed E-state index contributed by atoms with van der Waals surface area (Å²) in [6.07, 6.45) is 1.73. The fourth-order valence-corrected chi connectivity index (χ4v) is 2.72. The first-order valence-corrected chi connectivity index (χ1v) is 9.33. The third-order valence-electron chi connectivity index (χ3n) is 4.01. The van der Waals surface area contributed by atoms with Crippen molar-refractivity contribution in [3.63, 3.8) is 0 Å². The molecule has 0 radical (unpaired) electrons. The number of hydrogen-bond donors (Lipinski definition) is 2. The number of rotatable bonds is 11. The lowest BCUT2D eigenvalue weighted by atomic mass is 9.94. The first-order valence-electron chi connectivity index (χ1n) is 9.33. The van der Waals surface area contributed by atoms with Crippen molar-refractivity contribution in [2.24, 2.45) is 5.92 Å². The first kappa shape index (κ1) is 22.7. The maximum absolute atomic E-state index is 11.4. The summed E-state index contributed by atoms with van der Waals surface area (Å²) in [6, 6.07) is 0. The van der Waals surface area contributed by atoms with Gasteiger partial charge >= 0.3 is 12.1 Å². The van der Waals surface area contributed by atoms with Crippen LogP contribution in [0.1, 0.15) is 40.0 Å². The normalized spacial score (nSPS) is 16.4. The fourth-order valence-electron chi connectivity index (χ4n) is 2.72. The third-order valence-corrected chi connectivity index (χ3v) is 4.01. The van der Waals surface area contributed by atoms with Crippen molar-refractivity contribution in [1.82, 2.24) is 10.2 Å². The van der Waals surface area contributed by atoms with E-state index in [1.165, 1.54) is 0 Å². The molecule has 1 heterocycles. The molecule has 8 nitrogen and oxygen atoms in total. The number of aliphatic carboxylic acids is 1. The van der Waals surface area contributed by atoms with Gasteiger partial charge in [-0.05, 0) is 52.6 Å². The van der Waals surface area contributed by atoms with E-state index in [4.69, 9.17) is 19.3 Å². The molecule has 0 spiro atoms. The molecule has 2 N–H and O–H groups in total. The molecule has 0 unspecified atom stereocenters. The van der Waals surface area contributed by atoms with Gasteiger partial charge < -0.3 is 29.5 Å². The topological polar surface area (TPSA) is 97.3 Å². The number of alkyl carbamates (subject to hydrolysis) is 1. The average molecular weight is 374 g/mol. The van der Waals surface area contributed by atoms with Crippen molar-refractivity contribution in [1.29, 1.82) is 0 Å². The van der Waals surface area contributed by atoms with Gasteiger partial charge in [-0.2, -0.15) is 0 Å². The van der Waals surface area contributed by atoms with Crippen LogP contribution < -0.4 is 5.32 Å². The Kier molecular flexibility index (Phi) is 10.5. The minimum absolute atomic E-state index is 0.282. The van der Waals surface area contributed by atoms with Crippen LogP contribution in [0.2, 0.25) is 0 Å². The highest BCUT2D eigenvalue weighted by molar-refractivity contribution is 5.67. The number of carboxylic acids is 1. The molecule has 0 atom stereocenters. The molecule has 1 amide bonds. The minimum Gasteiger partial charge on any atom is -0.481 e. The van der Waals surface area contributed by atoms with Crippen LogP contribution in [0.3, 0.4) is 0 Å². The average Bonchev–Trinajstić information content (AvgIpc) is 2.52. The number of carboxylic acid groups (broad SMARTS) is 1. The SMILES string of the molecule is CC(C)(C)OC(=O)NCCOCCOCCN1CCC(CC(=O)O)CC1. The molecule has 0 bridgehead atoms. The molecule has 26 heavy (non-hydrogen) atoms. The Morgan fingerprint density at radius 1 is 1.08 bits per heavy atom. The zero-order valence-corrected chi connectivity index (χ0v) is 16.3. The molecule has 1 fully saturated rings. The Balaban J connectivity index is 1.88. The second-order valence-electron chi connectivity index (χ2n) is 7.54. The smallest absolute Gasteiger partial charge is 0.407 e. The maximum Gasteiger partial charge on any atom is 0.407 e. The number of nitrogens with zero attached hydrogens (tertiary/aromatic N) is 1. The zero-order valence-electron chi connectivity index (χ0n) is 16.3. The van der Waals surface area contributed by atoms with E-state index in [1.54, 1.807) is 0 Å². The number of piperidine rings is 1. The van der Waals surface area contributed by atoms with E-state index in [2.05, 4.69) is 10.2 Å². The summed E-state index contributed by atoms with van der Waals surface area (Å²) in [6.45, 7) is 10.7. The minimum atomic E-state index is -0.701. The van der Waals surface area contributed by atoms with Gasteiger partial charge in [-0.15, -0.1) is 0 Å². The van der Waals surface area contributed by atoms with Gasteiger partial charge in [0.15, 0.2) is 0 Å². The lowest BCUT2D eigenvalue weighted by molar-refractivity contribution is -0.138. The first-order chi connectivity index (χ1) is 12.3. The lowest BCUT2D eigenvalue weighted by Gasteiger charge is -2.31. The summed E-state index contributed by atoms with van der Waals surface area (Å²) in [5.41, 5.74) is -0.496. The van der Waals surface area contributed by atoms with Crippen molar-refractivity contribution < 1.29 is 28.9 Å². The van der Waals surface area contributed by atoms with Gasteiger partial charge in [0.2, 0.25) is 0 Å². The van der Waals surface area contributed by atoms with Crippen LogP contribution in [-0.4, -0.2) is 80.3 Å². The molecule has 152 valence electrons. The predicted molar refractivity (Wildman–Crippen MR) is 97.3 cm³/mol. The van der Waals surface area contributed by atoms with Crippen LogP contribution in [0.25, 0.3) is 0 Å². The summed E-state index contributed by atoms with van der Waals surface area (Å²) in [5.74, 6) is -0.388. The second kappa shape index (κ2) is 12.1. The maximum atomic E-state index is 11.4. The summed E-state index contributed by atoms with van der Waals surface area (Å²) in [5, 5.41) is 11.4. The van der Waals surface area contributed by atoms with Crippen molar-refractivity contribution in [3.05, 3.63) is 0 Å². The van der Waals surface area contributed by atoms with E-state index >= 15 is 0 Å². The molecule has 0 aliphatic carbocycles. The van der Waals surface area contributed by atoms with Crippen LogP contribution in [0, 0.1) is 5.92 Å². The lowest BCUT2D eigenvalue weighted by Crippen LogP contribution is -2.36. The van der Waals surface area contributed by atoms with Gasteiger partial charge in [-0.1, -0.05) is 0 Å². The number of likely N-dealkylation sites (tertiary alicyclic amines) is 1. The van der Waals surface area contributed by atoms with Crippen LogP contribution in [0.4, 0.5) is 4.79 Å². The van der Waals surface area contributed by atoms with E-state index in [0.717, 1.165) is 32.5 Å². The van der Waals surface area contributed by atoms with Gasteiger partial charge in [-0.25, -0.2) is 4.79 Å². The molecular weight excluding hydrogens is 340 g/mol. The van der Waals surface area contributed by atoms with E-state index < -0.39 is 17.7 Å². The Hall–Kier alpha value is -1.38. The Labute approximate surface area is 156 Å². The fraction of sp³-hybridized carbons (Fsp3) is 0.889. The van der Waals surface area contributed by atoms with Crippen molar-refractivity contribution >= 4 is 12.1 Å². The summed E-state index contributed by atoms with van der Waals surface area (Å²) < 4.78 is 16.1. The zero-order chi connectivity index (χ0) is 19.4. The molecular formula is C18H34N2O6. The van der Waals surface area contributed by atoms with Crippen molar-refractivity contribution in [2.75, 3.05) is 52.6 Å². The van der Waals surface area contributed by atoms with Gasteiger partial charge in [0, 0.05) is 19.5 Å². The van der Waals surface area contributed by atoms with Crippen molar-refractivity contribution in [3.8, 4) is 0 Å². The van der Waals surface area contributed by atoms with Crippen LogP contribution >= 0.6 is 0 Å². The number of carbonyl (C=O) groups excluding carboxylic acids is 1. The largest absolute Gasteiger partial charge is 0.481 e. The van der Waals surface area contributed by atoms with E-state index in [9.17, 15) is 9.59 Å². The van der Waals surface area contributed by atoms with Gasteiger partial charge in [0.1, 0.15) is 5.60 Å². The summed E-state index contributed by atoms with van der Waals surface area (Å²) in [4.78, 5) is 24.4.